The zero-order valence-electron chi connectivity index (χ0n) is 21.4. The Morgan fingerprint density at radius 1 is 0.946 bits per heavy atom. The Morgan fingerprint density at radius 2 is 1.62 bits per heavy atom. The summed E-state index contributed by atoms with van der Waals surface area (Å²) in [5.74, 6) is -0.846. The smallest absolute Gasteiger partial charge is 0.264 e. The third kappa shape index (κ3) is 6.70. The highest BCUT2D eigenvalue weighted by Crippen LogP contribution is 2.31. The SMILES string of the molecule is CC[C@H](C(=O)NC)N(Cc1cccc(C)c1)C(=O)CN(c1ccccc1Cl)S(=O)(=O)c1ccc(C)cc1. The lowest BCUT2D eigenvalue weighted by molar-refractivity contribution is -0.140. The number of likely N-dealkylation sites (N-methyl/N-ethyl adjacent to an activating group) is 1. The number of rotatable bonds is 10. The molecule has 0 bridgehead atoms. The van der Waals surface area contributed by atoms with Crippen molar-refractivity contribution in [3.63, 3.8) is 0 Å². The molecular weight excluding hydrogens is 510 g/mol. The van der Waals surface area contributed by atoms with E-state index >= 15 is 0 Å². The molecule has 0 heterocycles. The van der Waals surface area contributed by atoms with Crippen molar-refractivity contribution in [2.24, 2.45) is 0 Å². The number of para-hydroxylation sites is 1. The number of hydrogen-bond donors (Lipinski definition) is 1. The average Bonchev–Trinajstić information content (AvgIpc) is 2.87. The monoisotopic (exact) mass is 541 g/mol. The summed E-state index contributed by atoms with van der Waals surface area (Å²) < 4.78 is 28.6. The first-order valence-electron chi connectivity index (χ1n) is 12.0. The van der Waals surface area contributed by atoms with E-state index in [4.69, 9.17) is 11.6 Å². The van der Waals surface area contributed by atoms with Crippen LogP contribution in [0.2, 0.25) is 5.02 Å². The highest BCUT2D eigenvalue weighted by atomic mass is 35.5. The topological polar surface area (TPSA) is 86.8 Å². The fourth-order valence-electron chi connectivity index (χ4n) is 4.10. The number of hydrogen-bond acceptors (Lipinski definition) is 4. The zero-order valence-corrected chi connectivity index (χ0v) is 23.0. The Labute approximate surface area is 224 Å². The molecule has 196 valence electrons. The van der Waals surface area contributed by atoms with Crippen molar-refractivity contribution in [2.45, 2.75) is 44.7 Å². The Kier molecular flexibility index (Phi) is 9.34. The Hall–Kier alpha value is -3.36. The van der Waals surface area contributed by atoms with Gasteiger partial charge in [-0.15, -0.1) is 0 Å². The van der Waals surface area contributed by atoms with Crippen molar-refractivity contribution in [1.82, 2.24) is 10.2 Å². The zero-order chi connectivity index (χ0) is 27.2. The van der Waals surface area contributed by atoms with Gasteiger partial charge in [0.2, 0.25) is 11.8 Å². The van der Waals surface area contributed by atoms with Gasteiger partial charge in [0, 0.05) is 13.6 Å². The lowest BCUT2D eigenvalue weighted by Crippen LogP contribution is -2.51. The molecule has 0 spiro atoms. The van der Waals surface area contributed by atoms with Crippen LogP contribution >= 0.6 is 11.6 Å². The number of benzene rings is 3. The summed E-state index contributed by atoms with van der Waals surface area (Å²) >= 11 is 6.42. The number of halogens is 1. The second kappa shape index (κ2) is 12.3. The molecule has 0 unspecified atom stereocenters. The van der Waals surface area contributed by atoms with E-state index in [0.717, 1.165) is 21.0 Å². The van der Waals surface area contributed by atoms with E-state index in [1.807, 2.05) is 45.0 Å². The second-order valence-corrected chi connectivity index (χ2v) is 11.1. The minimum Gasteiger partial charge on any atom is -0.357 e. The molecule has 0 saturated heterocycles. The maximum absolute atomic E-state index is 13.9. The van der Waals surface area contributed by atoms with Gasteiger partial charge in [-0.05, 0) is 50.1 Å². The van der Waals surface area contributed by atoms with Crippen LogP contribution in [0.15, 0.2) is 77.7 Å². The molecule has 3 aromatic carbocycles. The Morgan fingerprint density at radius 3 is 2.22 bits per heavy atom. The molecule has 3 aromatic rings. The molecule has 1 N–H and O–H groups in total. The standard InChI is InChI=1S/C28H32ClN3O4S/c1-5-25(28(34)30-4)31(18-22-10-8-9-21(3)17-22)27(33)19-32(26-12-7-6-11-24(26)29)37(35,36)23-15-13-20(2)14-16-23/h6-17,25H,5,18-19H2,1-4H3,(H,30,34)/t25-/m1/s1. The summed E-state index contributed by atoms with van der Waals surface area (Å²) in [6.45, 7) is 5.23. The molecule has 0 aliphatic heterocycles. The lowest BCUT2D eigenvalue weighted by atomic mass is 10.1. The van der Waals surface area contributed by atoms with Gasteiger partial charge in [0.05, 0.1) is 15.6 Å². The van der Waals surface area contributed by atoms with Crippen LogP contribution in [-0.2, 0) is 26.2 Å². The van der Waals surface area contributed by atoms with Crippen LogP contribution in [-0.4, -0.2) is 44.8 Å². The molecule has 0 aliphatic carbocycles. The van der Waals surface area contributed by atoms with Crippen LogP contribution in [0.1, 0.15) is 30.0 Å². The van der Waals surface area contributed by atoms with Crippen molar-refractivity contribution in [1.29, 1.82) is 0 Å². The summed E-state index contributed by atoms with van der Waals surface area (Å²) in [4.78, 5) is 28.1. The van der Waals surface area contributed by atoms with Crippen molar-refractivity contribution in [3.8, 4) is 0 Å². The van der Waals surface area contributed by atoms with Crippen molar-refractivity contribution in [2.75, 3.05) is 17.9 Å². The van der Waals surface area contributed by atoms with Gasteiger partial charge in [-0.25, -0.2) is 8.42 Å². The molecule has 0 aromatic heterocycles. The molecule has 0 aliphatic rings. The Balaban J connectivity index is 2.07. The van der Waals surface area contributed by atoms with Gasteiger partial charge in [-0.3, -0.25) is 13.9 Å². The van der Waals surface area contributed by atoms with Gasteiger partial charge < -0.3 is 10.2 Å². The van der Waals surface area contributed by atoms with E-state index in [2.05, 4.69) is 5.32 Å². The van der Waals surface area contributed by atoms with E-state index in [0.29, 0.717) is 6.42 Å². The van der Waals surface area contributed by atoms with Crippen LogP contribution in [0.3, 0.4) is 0 Å². The minimum absolute atomic E-state index is 0.0365. The van der Waals surface area contributed by atoms with Gasteiger partial charge in [-0.2, -0.15) is 0 Å². The van der Waals surface area contributed by atoms with Crippen LogP contribution in [0.5, 0.6) is 0 Å². The third-order valence-corrected chi connectivity index (χ3v) is 8.17. The van der Waals surface area contributed by atoms with E-state index in [1.165, 1.54) is 24.1 Å². The van der Waals surface area contributed by atoms with Gasteiger partial charge in [-0.1, -0.05) is 78.2 Å². The largest absolute Gasteiger partial charge is 0.357 e. The van der Waals surface area contributed by atoms with E-state index in [-0.39, 0.29) is 28.1 Å². The molecule has 7 nitrogen and oxygen atoms in total. The van der Waals surface area contributed by atoms with Crippen molar-refractivity contribution >= 4 is 39.1 Å². The van der Waals surface area contributed by atoms with E-state index in [1.54, 1.807) is 36.4 Å². The summed E-state index contributed by atoms with van der Waals surface area (Å²) in [6, 6.07) is 19.7. The van der Waals surface area contributed by atoms with Gasteiger partial charge in [0.1, 0.15) is 12.6 Å². The summed E-state index contributed by atoms with van der Waals surface area (Å²) in [5, 5.41) is 2.81. The molecule has 2 amide bonds. The van der Waals surface area contributed by atoms with Gasteiger partial charge in [0.25, 0.3) is 10.0 Å². The first kappa shape index (κ1) is 28.2. The van der Waals surface area contributed by atoms with Crippen LogP contribution < -0.4 is 9.62 Å². The number of carbonyl (C=O) groups is 2. The number of carbonyl (C=O) groups excluding carboxylic acids is 2. The maximum atomic E-state index is 13.9. The highest BCUT2D eigenvalue weighted by molar-refractivity contribution is 7.92. The molecule has 0 fully saturated rings. The molecule has 1 atom stereocenters. The van der Waals surface area contributed by atoms with Crippen molar-refractivity contribution < 1.29 is 18.0 Å². The lowest BCUT2D eigenvalue weighted by Gasteiger charge is -2.33. The molecule has 0 saturated carbocycles. The fourth-order valence-corrected chi connectivity index (χ4v) is 5.82. The number of nitrogens with zero attached hydrogens (tertiary/aromatic N) is 2. The highest BCUT2D eigenvalue weighted by Gasteiger charge is 2.34. The van der Waals surface area contributed by atoms with Gasteiger partial charge in [0.15, 0.2) is 0 Å². The number of nitrogens with one attached hydrogen (secondary N) is 1. The average molecular weight is 542 g/mol. The molecule has 3 rings (SSSR count). The summed E-state index contributed by atoms with van der Waals surface area (Å²) in [6.07, 6.45) is 0.355. The quantitative estimate of drug-likeness (QED) is 0.403. The number of sulfonamides is 1. The van der Waals surface area contributed by atoms with Crippen LogP contribution in [0.25, 0.3) is 0 Å². The number of aryl methyl sites for hydroxylation is 2. The summed E-state index contributed by atoms with van der Waals surface area (Å²) in [7, 11) is -2.65. The molecule has 37 heavy (non-hydrogen) atoms. The van der Waals surface area contributed by atoms with E-state index < -0.39 is 28.5 Å². The first-order valence-corrected chi connectivity index (χ1v) is 13.8. The second-order valence-electron chi connectivity index (χ2n) is 8.83. The third-order valence-electron chi connectivity index (χ3n) is 6.08. The Bertz CT molecular complexity index is 1360. The van der Waals surface area contributed by atoms with E-state index in [9.17, 15) is 18.0 Å². The predicted octanol–water partition coefficient (Wildman–Crippen LogP) is 4.71. The van der Waals surface area contributed by atoms with Gasteiger partial charge >= 0.3 is 0 Å². The molecule has 0 radical (unpaired) electrons. The molecule has 9 heteroatoms. The summed E-state index contributed by atoms with van der Waals surface area (Å²) in [5.41, 5.74) is 2.93. The minimum atomic E-state index is -4.16. The number of anilines is 1. The van der Waals surface area contributed by atoms with Crippen molar-refractivity contribution in [3.05, 3.63) is 94.5 Å². The maximum Gasteiger partial charge on any atom is 0.264 e. The van der Waals surface area contributed by atoms with Crippen LogP contribution in [0.4, 0.5) is 5.69 Å². The predicted molar refractivity (Wildman–Crippen MR) is 147 cm³/mol. The normalized spacial score (nSPS) is 12.0. The fraction of sp³-hybridized carbons (Fsp3) is 0.286. The number of amides is 2. The van der Waals surface area contributed by atoms with Crippen LogP contribution in [0, 0.1) is 13.8 Å². The molecular formula is C28H32ClN3O4S. The first-order chi connectivity index (χ1) is 17.6.